The molecular weight excluding hydrogens is 242 g/mol. The lowest BCUT2D eigenvalue weighted by Gasteiger charge is -2.29. The lowest BCUT2D eigenvalue weighted by molar-refractivity contribution is 0.192. The van der Waals surface area contributed by atoms with Gasteiger partial charge in [0, 0.05) is 18.5 Å². The molecule has 0 N–H and O–H groups in total. The van der Waals surface area contributed by atoms with E-state index < -0.39 is 0 Å². The fourth-order valence-corrected chi connectivity index (χ4v) is 2.88. The first-order valence-electron chi connectivity index (χ1n) is 8.10. The van der Waals surface area contributed by atoms with Crippen LogP contribution in [0, 0.1) is 0 Å². The van der Waals surface area contributed by atoms with Crippen molar-refractivity contribution < 1.29 is 0 Å². The third-order valence-corrected chi connectivity index (χ3v) is 4.05. The van der Waals surface area contributed by atoms with E-state index in [4.69, 9.17) is 11.6 Å². The Morgan fingerprint density at radius 2 is 1.33 bits per heavy atom. The Balaban J connectivity index is 3.63. The van der Waals surface area contributed by atoms with E-state index >= 15 is 0 Å². The van der Waals surface area contributed by atoms with Crippen molar-refractivity contribution in [1.82, 2.24) is 4.90 Å². The normalized spacial score (nSPS) is 11.7. The molecule has 0 rings (SSSR count). The van der Waals surface area contributed by atoms with Gasteiger partial charge in [0.05, 0.1) is 0 Å². The van der Waals surface area contributed by atoms with E-state index in [9.17, 15) is 0 Å². The predicted octanol–water partition coefficient (Wildman–Crippen LogP) is 5.47. The molecule has 2 heteroatoms. The molecule has 0 aliphatic rings. The van der Waals surface area contributed by atoms with E-state index in [0.29, 0.717) is 0 Å². The molecule has 0 aromatic carbocycles. The fraction of sp³-hybridized carbons (Fsp3) is 1.00. The Bertz CT molecular complexity index is 157. The minimum Gasteiger partial charge on any atom is -0.299 e. The van der Waals surface area contributed by atoms with Crippen molar-refractivity contribution in [2.45, 2.75) is 84.6 Å². The highest BCUT2D eigenvalue weighted by Crippen LogP contribution is 2.12. The Hall–Kier alpha value is 0.250. The van der Waals surface area contributed by atoms with E-state index in [1.54, 1.807) is 0 Å². The summed E-state index contributed by atoms with van der Waals surface area (Å²) in [6.45, 7) is 9.16. The van der Waals surface area contributed by atoms with E-state index in [1.807, 2.05) is 0 Å². The summed E-state index contributed by atoms with van der Waals surface area (Å²) in [7, 11) is 0. The molecule has 18 heavy (non-hydrogen) atoms. The average molecular weight is 276 g/mol. The molecule has 0 aromatic heterocycles. The van der Waals surface area contributed by atoms with Crippen molar-refractivity contribution in [3.63, 3.8) is 0 Å². The molecule has 0 heterocycles. The second kappa shape index (κ2) is 13.7. The maximum Gasteiger partial charge on any atom is 0.0351 e. The highest BCUT2D eigenvalue weighted by Gasteiger charge is 2.13. The van der Waals surface area contributed by atoms with Gasteiger partial charge in [-0.3, -0.25) is 4.90 Å². The van der Waals surface area contributed by atoms with Crippen LogP contribution < -0.4 is 0 Å². The monoisotopic (exact) mass is 275 g/mol. The van der Waals surface area contributed by atoms with Crippen LogP contribution in [0.3, 0.4) is 0 Å². The van der Waals surface area contributed by atoms with E-state index in [0.717, 1.165) is 18.5 Å². The molecule has 0 fully saturated rings. The standard InChI is InChI=1S/C16H34ClN/c1-4-7-8-9-10-11-12-14-18(15-13-17)16(5-2)6-3/h16H,4-15H2,1-3H3. The Kier molecular flexibility index (Phi) is 13.9. The summed E-state index contributed by atoms with van der Waals surface area (Å²) in [4.78, 5) is 2.60. The van der Waals surface area contributed by atoms with Gasteiger partial charge in [-0.1, -0.05) is 59.3 Å². The first-order chi connectivity index (χ1) is 8.79. The molecule has 0 atom stereocenters. The first-order valence-corrected chi connectivity index (χ1v) is 8.63. The predicted molar refractivity (Wildman–Crippen MR) is 84.7 cm³/mol. The molecule has 0 radical (unpaired) electrons. The number of nitrogens with zero attached hydrogens (tertiary/aromatic N) is 1. The quantitative estimate of drug-likeness (QED) is 0.318. The van der Waals surface area contributed by atoms with Crippen LogP contribution in [-0.2, 0) is 0 Å². The summed E-state index contributed by atoms with van der Waals surface area (Å²) in [6, 6.07) is 0.740. The summed E-state index contributed by atoms with van der Waals surface area (Å²) in [6.07, 6.45) is 12.3. The zero-order chi connectivity index (χ0) is 13.6. The van der Waals surface area contributed by atoms with Crippen LogP contribution >= 0.6 is 11.6 Å². The maximum atomic E-state index is 5.91. The van der Waals surface area contributed by atoms with Gasteiger partial charge in [0.25, 0.3) is 0 Å². The molecule has 0 amide bonds. The smallest absolute Gasteiger partial charge is 0.0351 e. The topological polar surface area (TPSA) is 3.24 Å². The fourth-order valence-electron chi connectivity index (χ4n) is 2.66. The summed E-state index contributed by atoms with van der Waals surface area (Å²) >= 11 is 5.91. The van der Waals surface area contributed by atoms with Crippen LogP contribution in [0.15, 0.2) is 0 Å². The largest absolute Gasteiger partial charge is 0.299 e. The summed E-state index contributed by atoms with van der Waals surface area (Å²) in [5.41, 5.74) is 0. The van der Waals surface area contributed by atoms with E-state index in [-0.39, 0.29) is 0 Å². The molecule has 0 aliphatic heterocycles. The SMILES string of the molecule is CCCCCCCCCN(CCCl)C(CC)CC. The molecule has 0 aromatic rings. The third-order valence-electron chi connectivity index (χ3n) is 3.88. The Labute approximate surface area is 120 Å². The molecular formula is C16H34ClN. The van der Waals surface area contributed by atoms with Crippen molar-refractivity contribution in [3.05, 3.63) is 0 Å². The van der Waals surface area contributed by atoms with Gasteiger partial charge in [-0.25, -0.2) is 0 Å². The van der Waals surface area contributed by atoms with Crippen LogP contribution in [0.5, 0.6) is 0 Å². The highest BCUT2D eigenvalue weighted by atomic mass is 35.5. The Morgan fingerprint density at radius 3 is 1.83 bits per heavy atom. The van der Waals surface area contributed by atoms with Gasteiger partial charge in [-0.05, 0) is 25.8 Å². The average Bonchev–Trinajstić information content (AvgIpc) is 2.39. The molecule has 1 nitrogen and oxygen atoms in total. The van der Waals surface area contributed by atoms with Crippen molar-refractivity contribution in [2.75, 3.05) is 19.0 Å². The van der Waals surface area contributed by atoms with Gasteiger partial charge in [0.2, 0.25) is 0 Å². The molecule has 0 aliphatic carbocycles. The van der Waals surface area contributed by atoms with Gasteiger partial charge in [0.15, 0.2) is 0 Å². The molecule has 0 saturated carbocycles. The van der Waals surface area contributed by atoms with Crippen molar-refractivity contribution >= 4 is 11.6 Å². The maximum absolute atomic E-state index is 5.91. The van der Waals surface area contributed by atoms with Gasteiger partial charge in [-0.2, -0.15) is 0 Å². The van der Waals surface area contributed by atoms with Crippen molar-refractivity contribution in [1.29, 1.82) is 0 Å². The van der Waals surface area contributed by atoms with Crippen LogP contribution in [0.25, 0.3) is 0 Å². The second-order valence-electron chi connectivity index (χ2n) is 5.32. The molecule has 0 saturated heterocycles. The number of halogens is 1. The van der Waals surface area contributed by atoms with E-state index in [2.05, 4.69) is 25.7 Å². The Morgan fingerprint density at radius 1 is 0.778 bits per heavy atom. The third kappa shape index (κ3) is 9.22. The number of rotatable bonds is 13. The van der Waals surface area contributed by atoms with Crippen molar-refractivity contribution in [2.24, 2.45) is 0 Å². The summed E-state index contributed by atoms with van der Waals surface area (Å²) < 4.78 is 0. The van der Waals surface area contributed by atoms with Crippen LogP contribution in [0.2, 0.25) is 0 Å². The minimum absolute atomic E-state index is 0.740. The first kappa shape index (κ1) is 18.2. The minimum atomic E-state index is 0.740. The van der Waals surface area contributed by atoms with Crippen LogP contribution in [0.4, 0.5) is 0 Å². The zero-order valence-electron chi connectivity index (χ0n) is 12.9. The molecule has 0 unspecified atom stereocenters. The van der Waals surface area contributed by atoms with Crippen molar-refractivity contribution in [3.8, 4) is 0 Å². The number of alkyl halides is 1. The van der Waals surface area contributed by atoms with Gasteiger partial charge in [-0.15, -0.1) is 11.6 Å². The molecule has 110 valence electrons. The van der Waals surface area contributed by atoms with Crippen LogP contribution in [-0.4, -0.2) is 29.9 Å². The van der Waals surface area contributed by atoms with Crippen LogP contribution in [0.1, 0.15) is 78.6 Å². The molecule has 0 bridgehead atoms. The lowest BCUT2D eigenvalue weighted by Crippen LogP contribution is -2.36. The van der Waals surface area contributed by atoms with Gasteiger partial charge in [0.1, 0.15) is 0 Å². The number of hydrogen-bond acceptors (Lipinski definition) is 1. The highest BCUT2D eigenvalue weighted by molar-refractivity contribution is 6.18. The number of unbranched alkanes of at least 4 members (excludes halogenated alkanes) is 6. The van der Waals surface area contributed by atoms with Gasteiger partial charge < -0.3 is 0 Å². The lowest BCUT2D eigenvalue weighted by atomic mass is 10.1. The molecule has 0 spiro atoms. The summed E-state index contributed by atoms with van der Waals surface area (Å²) in [5.74, 6) is 0.771. The van der Waals surface area contributed by atoms with E-state index in [1.165, 1.54) is 64.3 Å². The number of hydrogen-bond donors (Lipinski definition) is 0. The zero-order valence-corrected chi connectivity index (χ0v) is 13.6. The van der Waals surface area contributed by atoms with Gasteiger partial charge >= 0.3 is 0 Å². The summed E-state index contributed by atoms with van der Waals surface area (Å²) in [5, 5.41) is 0. The second-order valence-corrected chi connectivity index (χ2v) is 5.69.